The predicted molar refractivity (Wildman–Crippen MR) is 125 cm³/mol. The van der Waals surface area contributed by atoms with E-state index >= 15 is 0 Å². The number of hydrogen-bond donors (Lipinski definition) is 2. The van der Waals surface area contributed by atoms with Crippen LogP contribution in [0.5, 0.6) is 0 Å². The van der Waals surface area contributed by atoms with Crippen LogP contribution in [0.1, 0.15) is 16.9 Å². The molecule has 32 heavy (non-hydrogen) atoms. The number of hydrogen-bond acceptors (Lipinski definition) is 5. The summed E-state index contributed by atoms with van der Waals surface area (Å²) < 4.78 is 6.75. The minimum absolute atomic E-state index is 0.178. The second kappa shape index (κ2) is 8.33. The molecule has 2 N–H and O–H groups in total. The molecule has 160 valence electrons. The Balaban J connectivity index is 1.30. The van der Waals surface area contributed by atoms with E-state index in [1.807, 2.05) is 49.4 Å². The number of rotatable bonds is 5. The molecule has 3 heterocycles. The lowest BCUT2D eigenvalue weighted by atomic mass is 10.2. The number of nitrogens with one attached hydrogen (secondary N) is 2. The first-order chi connectivity index (χ1) is 15.4. The van der Waals surface area contributed by atoms with Crippen LogP contribution < -0.4 is 5.32 Å². The molecule has 1 fully saturated rings. The molecule has 0 radical (unpaired) electrons. The molecular formula is C23H17BrN4O3S. The van der Waals surface area contributed by atoms with Gasteiger partial charge in [0.05, 0.1) is 17.6 Å². The number of aromatic nitrogens is 2. The van der Waals surface area contributed by atoms with Crippen LogP contribution >= 0.6 is 27.7 Å². The Bertz CT molecular complexity index is 1370. The van der Waals surface area contributed by atoms with Gasteiger partial charge >= 0.3 is 6.03 Å². The number of amides is 3. The number of carbonyl (C=O) groups is 2. The lowest BCUT2D eigenvalue weighted by Crippen LogP contribution is -2.30. The highest BCUT2D eigenvalue weighted by atomic mass is 79.9. The average molecular weight is 509 g/mol. The minimum atomic E-state index is -0.456. The normalized spacial score (nSPS) is 15.2. The van der Waals surface area contributed by atoms with Crippen LogP contribution in [0.2, 0.25) is 0 Å². The Morgan fingerprint density at radius 2 is 1.94 bits per heavy atom. The van der Waals surface area contributed by atoms with Gasteiger partial charge in [0.1, 0.15) is 11.5 Å². The molecule has 5 rings (SSSR count). The van der Waals surface area contributed by atoms with Crippen LogP contribution in [-0.4, -0.2) is 26.8 Å². The third-order valence-corrected chi connectivity index (χ3v) is 6.25. The van der Waals surface area contributed by atoms with Gasteiger partial charge in [-0.1, -0.05) is 34.1 Å². The zero-order valence-electron chi connectivity index (χ0n) is 16.9. The molecular weight excluding hydrogens is 492 g/mol. The Morgan fingerprint density at radius 3 is 2.75 bits per heavy atom. The lowest BCUT2D eigenvalue weighted by Gasteiger charge is -2.11. The maximum absolute atomic E-state index is 12.7. The van der Waals surface area contributed by atoms with Crippen LogP contribution in [-0.2, 0) is 11.3 Å². The minimum Gasteiger partial charge on any atom is -0.450 e. The zero-order chi connectivity index (χ0) is 22.2. The number of aromatic amines is 1. The lowest BCUT2D eigenvalue weighted by molar-refractivity contribution is -0.123. The van der Waals surface area contributed by atoms with Gasteiger partial charge in [-0.15, -0.1) is 0 Å². The van der Waals surface area contributed by atoms with Crippen molar-refractivity contribution in [2.24, 2.45) is 0 Å². The van der Waals surface area contributed by atoms with Gasteiger partial charge in [-0.2, -0.15) is 0 Å². The molecule has 2 aromatic heterocycles. The quantitative estimate of drug-likeness (QED) is 0.275. The van der Waals surface area contributed by atoms with E-state index < -0.39 is 11.9 Å². The second-order valence-electron chi connectivity index (χ2n) is 7.33. The van der Waals surface area contributed by atoms with Gasteiger partial charge in [-0.05, 0) is 66.2 Å². The third-order valence-electron chi connectivity index (χ3n) is 4.92. The van der Waals surface area contributed by atoms with Crippen molar-refractivity contribution in [3.63, 3.8) is 0 Å². The molecule has 0 unspecified atom stereocenters. The molecule has 1 saturated heterocycles. The van der Waals surface area contributed by atoms with Crippen molar-refractivity contribution in [3.05, 3.63) is 81.7 Å². The van der Waals surface area contributed by atoms with Gasteiger partial charge in [-0.25, -0.2) is 9.78 Å². The fourth-order valence-electron chi connectivity index (χ4n) is 3.34. The Morgan fingerprint density at radius 1 is 1.12 bits per heavy atom. The first-order valence-corrected chi connectivity index (χ1v) is 11.4. The Hall–Kier alpha value is -3.30. The van der Waals surface area contributed by atoms with E-state index in [1.165, 1.54) is 22.7 Å². The fourth-order valence-corrected chi connectivity index (χ4v) is 4.37. The van der Waals surface area contributed by atoms with Crippen molar-refractivity contribution < 1.29 is 14.0 Å². The van der Waals surface area contributed by atoms with Gasteiger partial charge in [0.2, 0.25) is 0 Å². The molecule has 9 heteroatoms. The monoisotopic (exact) mass is 508 g/mol. The molecule has 3 amide bonds. The van der Waals surface area contributed by atoms with Crippen molar-refractivity contribution in [1.82, 2.24) is 20.2 Å². The first kappa shape index (κ1) is 20.6. The summed E-state index contributed by atoms with van der Waals surface area (Å²) in [5, 5.41) is 3.95. The number of imide groups is 1. The van der Waals surface area contributed by atoms with Crippen molar-refractivity contribution >= 4 is 56.7 Å². The van der Waals surface area contributed by atoms with Crippen molar-refractivity contribution in [3.8, 4) is 0 Å². The summed E-state index contributed by atoms with van der Waals surface area (Å²) in [4.78, 5) is 34.0. The SMILES string of the molecule is Cc1ccc2nc(Sc3ccc(/C=C4/NC(=O)N(Cc5ccc(Br)cc5)C4=O)o3)[nH]c2c1. The number of nitrogens with zero attached hydrogens (tertiary/aromatic N) is 2. The van der Waals surface area contributed by atoms with E-state index in [0.29, 0.717) is 16.0 Å². The number of imidazole rings is 1. The van der Waals surface area contributed by atoms with E-state index in [4.69, 9.17) is 4.42 Å². The van der Waals surface area contributed by atoms with E-state index in [-0.39, 0.29) is 12.2 Å². The molecule has 2 aromatic carbocycles. The molecule has 0 aliphatic carbocycles. The molecule has 4 aromatic rings. The smallest absolute Gasteiger partial charge is 0.329 e. The van der Waals surface area contributed by atoms with Crippen LogP contribution in [0.3, 0.4) is 0 Å². The van der Waals surface area contributed by atoms with Crippen LogP contribution in [0, 0.1) is 6.92 Å². The van der Waals surface area contributed by atoms with Gasteiger partial charge in [0, 0.05) is 10.5 Å². The predicted octanol–water partition coefficient (Wildman–Crippen LogP) is 5.47. The third kappa shape index (κ3) is 4.21. The second-order valence-corrected chi connectivity index (χ2v) is 9.24. The van der Waals surface area contributed by atoms with Crippen molar-refractivity contribution in [2.75, 3.05) is 0 Å². The van der Waals surface area contributed by atoms with Gasteiger partial charge < -0.3 is 14.7 Å². The maximum atomic E-state index is 12.7. The summed E-state index contributed by atoms with van der Waals surface area (Å²) in [5.41, 5.74) is 4.04. The number of halogens is 1. The van der Waals surface area contributed by atoms with Gasteiger partial charge in [0.15, 0.2) is 10.2 Å². The van der Waals surface area contributed by atoms with E-state index in [9.17, 15) is 9.59 Å². The molecule has 0 bridgehead atoms. The van der Waals surface area contributed by atoms with Gasteiger partial charge in [0.25, 0.3) is 5.91 Å². The Kier molecular flexibility index (Phi) is 5.36. The summed E-state index contributed by atoms with van der Waals surface area (Å²) in [7, 11) is 0. The van der Waals surface area contributed by atoms with E-state index in [2.05, 4.69) is 31.2 Å². The molecule has 0 saturated carbocycles. The average Bonchev–Trinajstić information content (AvgIpc) is 3.44. The number of fused-ring (bicyclic) bond motifs is 1. The highest BCUT2D eigenvalue weighted by Crippen LogP contribution is 2.30. The topological polar surface area (TPSA) is 91.2 Å². The number of furan rings is 1. The molecule has 1 aliphatic rings. The van der Waals surface area contributed by atoms with E-state index in [1.54, 1.807) is 12.1 Å². The maximum Gasteiger partial charge on any atom is 0.329 e. The largest absolute Gasteiger partial charge is 0.450 e. The summed E-state index contributed by atoms with van der Waals surface area (Å²) in [6, 6.07) is 16.6. The highest BCUT2D eigenvalue weighted by Gasteiger charge is 2.33. The van der Waals surface area contributed by atoms with Crippen LogP contribution in [0.25, 0.3) is 17.1 Å². The number of aryl methyl sites for hydroxylation is 1. The molecule has 0 spiro atoms. The molecule has 7 nitrogen and oxygen atoms in total. The van der Waals surface area contributed by atoms with Crippen molar-refractivity contribution in [1.29, 1.82) is 0 Å². The highest BCUT2D eigenvalue weighted by molar-refractivity contribution is 9.10. The number of H-pyrrole nitrogens is 1. The standard InChI is InChI=1S/C23H17BrN4O3S/c1-13-2-8-17-18(10-13)26-22(25-17)32-20-9-7-16(31-20)11-19-21(29)28(23(30)27-19)12-14-3-5-15(24)6-4-14/h2-11H,12H2,1H3,(H,25,26)(H,27,30)/b19-11+. The zero-order valence-corrected chi connectivity index (χ0v) is 19.3. The van der Waals surface area contributed by atoms with Gasteiger partial charge in [-0.3, -0.25) is 9.69 Å². The fraction of sp³-hybridized carbons (Fsp3) is 0.0870. The molecule has 0 atom stereocenters. The summed E-state index contributed by atoms with van der Waals surface area (Å²) in [6.07, 6.45) is 1.54. The number of benzene rings is 2. The number of carbonyl (C=O) groups excluding carboxylic acids is 2. The summed E-state index contributed by atoms with van der Waals surface area (Å²) in [5.74, 6) is 0.0739. The summed E-state index contributed by atoms with van der Waals surface area (Å²) >= 11 is 4.73. The summed E-state index contributed by atoms with van der Waals surface area (Å²) in [6.45, 7) is 2.22. The first-order valence-electron chi connectivity index (χ1n) is 9.78. The van der Waals surface area contributed by atoms with Crippen LogP contribution in [0.15, 0.2) is 79.4 Å². The molecule has 1 aliphatic heterocycles. The van der Waals surface area contributed by atoms with Crippen molar-refractivity contribution in [2.45, 2.75) is 23.7 Å². The van der Waals surface area contributed by atoms with E-state index in [0.717, 1.165) is 26.6 Å². The Labute approximate surface area is 196 Å². The van der Waals surface area contributed by atoms with Crippen LogP contribution in [0.4, 0.5) is 4.79 Å². The number of urea groups is 1.